The van der Waals surface area contributed by atoms with E-state index in [1.807, 2.05) is 0 Å². The molecule has 2 atom stereocenters. The summed E-state index contributed by atoms with van der Waals surface area (Å²) in [6.07, 6.45) is 2.57. The van der Waals surface area contributed by atoms with Crippen LogP contribution in [0.5, 0.6) is 0 Å². The van der Waals surface area contributed by atoms with E-state index in [1.54, 1.807) is 18.2 Å². The summed E-state index contributed by atoms with van der Waals surface area (Å²) in [5.41, 5.74) is 0.478. The number of halogens is 2. The van der Waals surface area contributed by atoms with E-state index in [2.05, 4.69) is 17.6 Å². The van der Waals surface area contributed by atoms with Gasteiger partial charge in [0.25, 0.3) is 0 Å². The van der Waals surface area contributed by atoms with Crippen LogP contribution in [-0.2, 0) is 9.59 Å². The molecule has 1 aromatic carbocycles. The minimum atomic E-state index is -0.276. The smallest absolute Gasteiger partial charge is 0.228 e. The van der Waals surface area contributed by atoms with Gasteiger partial charge in [-0.05, 0) is 25.0 Å². The second-order valence-corrected chi connectivity index (χ2v) is 5.97. The monoisotopic (exact) mass is 328 g/mol. The lowest BCUT2D eigenvalue weighted by molar-refractivity contribution is -0.125. The first-order valence-corrected chi connectivity index (χ1v) is 7.82. The van der Waals surface area contributed by atoms with E-state index < -0.39 is 0 Å². The minimum Gasteiger partial charge on any atom is -0.356 e. The van der Waals surface area contributed by atoms with E-state index in [0.29, 0.717) is 28.7 Å². The molecule has 0 radical (unpaired) electrons. The van der Waals surface area contributed by atoms with Gasteiger partial charge in [-0.25, -0.2) is 0 Å². The third kappa shape index (κ3) is 4.11. The molecular weight excluding hydrogens is 311 g/mol. The molecule has 21 heavy (non-hydrogen) atoms. The molecule has 1 aromatic rings. The van der Waals surface area contributed by atoms with Crippen molar-refractivity contribution in [3.63, 3.8) is 0 Å². The number of nitrogens with one attached hydrogen (secondary N) is 2. The van der Waals surface area contributed by atoms with Crippen molar-refractivity contribution < 1.29 is 9.59 Å². The van der Waals surface area contributed by atoms with Gasteiger partial charge in [-0.1, -0.05) is 42.6 Å². The molecule has 0 heterocycles. The summed E-state index contributed by atoms with van der Waals surface area (Å²) in [5, 5.41) is 6.28. The van der Waals surface area contributed by atoms with Gasteiger partial charge >= 0.3 is 0 Å². The Morgan fingerprint density at radius 1 is 1.24 bits per heavy atom. The van der Waals surface area contributed by atoms with Crippen LogP contribution >= 0.6 is 23.2 Å². The van der Waals surface area contributed by atoms with Crippen LogP contribution in [0.25, 0.3) is 0 Å². The van der Waals surface area contributed by atoms with Gasteiger partial charge in [0.1, 0.15) is 0 Å². The first-order valence-electron chi connectivity index (χ1n) is 7.07. The van der Waals surface area contributed by atoms with Gasteiger partial charge in [0.2, 0.25) is 11.8 Å². The van der Waals surface area contributed by atoms with Crippen molar-refractivity contribution in [3.8, 4) is 0 Å². The summed E-state index contributed by atoms with van der Waals surface area (Å²) in [7, 11) is 0. The molecule has 1 saturated carbocycles. The fourth-order valence-corrected chi connectivity index (χ4v) is 2.47. The summed E-state index contributed by atoms with van der Waals surface area (Å²) < 4.78 is 0. The average molecular weight is 329 g/mol. The second kappa shape index (κ2) is 7.14. The molecule has 4 nitrogen and oxygen atoms in total. The van der Waals surface area contributed by atoms with Crippen molar-refractivity contribution >= 4 is 40.7 Å². The highest BCUT2D eigenvalue weighted by molar-refractivity contribution is 6.44. The van der Waals surface area contributed by atoms with Crippen molar-refractivity contribution in [1.82, 2.24) is 5.32 Å². The van der Waals surface area contributed by atoms with Gasteiger partial charge < -0.3 is 10.6 Å². The first-order chi connectivity index (χ1) is 10.0. The summed E-state index contributed by atoms with van der Waals surface area (Å²) in [6.45, 7) is 2.73. The lowest BCUT2D eigenvalue weighted by Gasteiger charge is -2.08. The lowest BCUT2D eigenvalue weighted by Crippen LogP contribution is -2.28. The number of unbranched alkanes of at least 4 members (excludes halogenated alkanes) is 1. The van der Waals surface area contributed by atoms with Crippen LogP contribution in [0.3, 0.4) is 0 Å². The molecule has 1 aliphatic rings. The fraction of sp³-hybridized carbons (Fsp3) is 0.467. The predicted octanol–water partition coefficient (Wildman–Crippen LogP) is 3.48. The first kappa shape index (κ1) is 16.1. The van der Waals surface area contributed by atoms with E-state index in [0.717, 1.165) is 12.8 Å². The predicted molar refractivity (Wildman–Crippen MR) is 84.6 cm³/mol. The number of anilines is 1. The molecule has 1 fully saturated rings. The second-order valence-electron chi connectivity index (χ2n) is 5.18. The van der Waals surface area contributed by atoms with Crippen LogP contribution in [0.1, 0.15) is 26.2 Å². The van der Waals surface area contributed by atoms with Crippen molar-refractivity contribution in [1.29, 1.82) is 0 Å². The highest BCUT2D eigenvalue weighted by Gasteiger charge is 2.47. The molecule has 0 saturated heterocycles. The van der Waals surface area contributed by atoms with Crippen LogP contribution in [0.2, 0.25) is 10.0 Å². The molecule has 114 valence electrons. The Morgan fingerprint density at radius 2 is 1.95 bits per heavy atom. The van der Waals surface area contributed by atoms with Crippen molar-refractivity contribution in [2.24, 2.45) is 11.8 Å². The van der Waals surface area contributed by atoms with Crippen molar-refractivity contribution in [3.05, 3.63) is 28.2 Å². The molecule has 2 amide bonds. The Hall–Kier alpha value is -1.26. The van der Waals surface area contributed by atoms with E-state index in [-0.39, 0.29) is 23.7 Å². The molecule has 0 aromatic heterocycles. The van der Waals surface area contributed by atoms with Crippen LogP contribution in [0, 0.1) is 11.8 Å². The fourth-order valence-electron chi connectivity index (χ4n) is 2.12. The van der Waals surface area contributed by atoms with Gasteiger partial charge in [0, 0.05) is 6.54 Å². The van der Waals surface area contributed by atoms with Crippen LogP contribution in [0.4, 0.5) is 5.69 Å². The topological polar surface area (TPSA) is 58.2 Å². The summed E-state index contributed by atoms with van der Waals surface area (Å²) >= 11 is 11.9. The highest BCUT2D eigenvalue weighted by Crippen LogP contribution is 2.40. The zero-order valence-corrected chi connectivity index (χ0v) is 13.3. The number of hydrogen-bond acceptors (Lipinski definition) is 2. The van der Waals surface area contributed by atoms with Crippen LogP contribution in [-0.4, -0.2) is 18.4 Å². The van der Waals surface area contributed by atoms with Crippen LogP contribution in [0.15, 0.2) is 18.2 Å². The van der Waals surface area contributed by atoms with Crippen molar-refractivity contribution in [2.45, 2.75) is 26.2 Å². The number of amides is 2. The Bertz CT molecular complexity index is 548. The zero-order chi connectivity index (χ0) is 15.4. The van der Waals surface area contributed by atoms with Gasteiger partial charge in [0.05, 0.1) is 27.6 Å². The maximum Gasteiger partial charge on any atom is 0.228 e. The van der Waals surface area contributed by atoms with E-state index in [9.17, 15) is 9.59 Å². The molecule has 0 aliphatic heterocycles. The maximum absolute atomic E-state index is 12.1. The molecule has 2 N–H and O–H groups in total. The quantitative estimate of drug-likeness (QED) is 0.785. The van der Waals surface area contributed by atoms with Gasteiger partial charge in [-0.2, -0.15) is 0 Å². The SMILES string of the molecule is CCCCNC(=O)C1CC1C(=O)Nc1cccc(Cl)c1Cl. The molecular formula is C15H18Cl2N2O2. The third-order valence-electron chi connectivity index (χ3n) is 3.50. The number of rotatable bonds is 6. The number of hydrogen-bond donors (Lipinski definition) is 2. The summed E-state index contributed by atoms with van der Waals surface area (Å²) in [5.74, 6) is -0.725. The molecule has 1 aliphatic carbocycles. The molecule has 0 spiro atoms. The van der Waals surface area contributed by atoms with Gasteiger partial charge in [-0.15, -0.1) is 0 Å². The largest absolute Gasteiger partial charge is 0.356 e. The lowest BCUT2D eigenvalue weighted by atomic mass is 10.2. The summed E-state index contributed by atoms with van der Waals surface area (Å²) in [4.78, 5) is 23.9. The number of benzene rings is 1. The third-order valence-corrected chi connectivity index (χ3v) is 4.32. The summed E-state index contributed by atoms with van der Waals surface area (Å²) in [6, 6.07) is 5.05. The minimum absolute atomic E-state index is 0.0409. The Morgan fingerprint density at radius 3 is 2.67 bits per heavy atom. The normalized spacial score (nSPS) is 20.0. The number of carbonyl (C=O) groups excluding carboxylic acids is 2. The van der Waals surface area contributed by atoms with Crippen molar-refractivity contribution in [2.75, 3.05) is 11.9 Å². The van der Waals surface area contributed by atoms with E-state index >= 15 is 0 Å². The van der Waals surface area contributed by atoms with Gasteiger partial charge in [0.15, 0.2) is 0 Å². The van der Waals surface area contributed by atoms with Crippen LogP contribution < -0.4 is 10.6 Å². The van der Waals surface area contributed by atoms with E-state index in [4.69, 9.17) is 23.2 Å². The maximum atomic E-state index is 12.1. The molecule has 2 rings (SSSR count). The van der Waals surface area contributed by atoms with Gasteiger partial charge in [-0.3, -0.25) is 9.59 Å². The van der Waals surface area contributed by atoms with E-state index in [1.165, 1.54) is 0 Å². The standard InChI is InChI=1S/C15H18Cl2N2O2/c1-2-3-7-18-14(20)9-8-10(9)15(21)19-12-6-4-5-11(16)13(12)17/h4-6,9-10H,2-3,7-8H2,1H3,(H,18,20)(H,19,21). The molecule has 0 bridgehead atoms. The Labute approximate surface area is 134 Å². The average Bonchev–Trinajstić information content (AvgIpc) is 3.24. The molecule has 2 unspecified atom stereocenters. The number of carbonyl (C=O) groups is 2. The molecule has 6 heteroatoms. The zero-order valence-electron chi connectivity index (χ0n) is 11.8. The Balaban J connectivity index is 1.86. The Kier molecular flexibility index (Phi) is 5.48. The highest BCUT2D eigenvalue weighted by atomic mass is 35.5.